The van der Waals surface area contributed by atoms with Gasteiger partial charge in [0.2, 0.25) is 0 Å². The van der Waals surface area contributed by atoms with Gasteiger partial charge in [0, 0.05) is 12.7 Å². The Morgan fingerprint density at radius 1 is 0.957 bits per heavy atom. The summed E-state index contributed by atoms with van der Waals surface area (Å²) in [5.41, 5.74) is 8.58. The molecule has 116 valence electrons. The van der Waals surface area contributed by atoms with Crippen molar-refractivity contribution in [2.24, 2.45) is 0 Å². The molecule has 0 atom stereocenters. The predicted octanol–water partition coefficient (Wildman–Crippen LogP) is 3.11. The number of urea groups is 1. The van der Waals surface area contributed by atoms with Gasteiger partial charge in [0.25, 0.3) is 0 Å². The number of benzene rings is 2. The number of nitrogens with one attached hydrogen (secondary N) is 2. The smallest absolute Gasteiger partial charge is 0.296 e. The highest BCUT2D eigenvalue weighted by Crippen LogP contribution is 2.15. The van der Waals surface area contributed by atoms with Crippen molar-refractivity contribution in [2.75, 3.05) is 17.4 Å². The van der Waals surface area contributed by atoms with E-state index in [9.17, 15) is 4.79 Å². The maximum Gasteiger partial charge on any atom is 0.340 e. The molecular formula is C17H17N5O. The third-order valence-corrected chi connectivity index (χ3v) is 3.48. The number of hydrogen-bond donors (Lipinski definition) is 2. The van der Waals surface area contributed by atoms with Gasteiger partial charge in [0.15, 0.2) is 5.82 Å². The van der Waals surface area contributed by atoms with Crippen molar-refractivity contribution in [3.63, 3.8) is 0 Å². The molecule has 0 aliphatic heterocycles. The molecule has 2 N–H and O–H groups in total. The zero-order valence-electron chi connectivity index (χ0n) is 12.9. The Kier molecular flexibility index (Phi) is 4.05. The topological polar surface area (TPSA) is 70.1 Å². The van der Waals surface area contributed by atoms with Crippen LogP contribution < -0.4 is 15.8 Å². The molecule has 0 fully saturated rings. The lowest BCUT2D eigenvalue weighted by Gasteiger charge is -2.19. The Labute approximate surface area is 134 Å². The molecule has 0 bridgehead atoms. The van der Waals surface area contributed by atoms with E-state index in [1.807, 2.05) is 61.5 Å². The monoisotopic (exact) mass is 307 g/mol. The molecule has 0 radical (unpaired) electrons. The third-order valence-electron chi connectivity index (χ3n) is 3.48. The van der Waals surface area contributed by atoms with E-state index < -0.39 is 0 Å². The fourth-order valence-electron chi connectivity index (χ4n) is 2.17. The first-order valence-electron chi connectivity index (χ1n) is 7.23. The van der Waals surface area contributed by atoms with E-state index in [1.54, 1.807) is 7.05 Å². The molecule has 0 spiro atoms. The van der Waals surface area contributed by atoms with Gasteiger partial charge in [-0.15, -0.1) is 0 Å². The second-order valence-corrected chi connectivity index (χ2v) is 5.10. The van der Waals surface area contributed by atoms with Crippen molar-refractivity contribution >= 4 is 28.6 Å². The van der Waals surface area contributed by atoms with E-state index in [-0.39, 0.29) is 6.03 Å². The molecule has 3 rings (SSSR count). The maximum absolute atomic E-state index is 12.2. The number of para-hydroxylation sites is 3. The lowest BCUT2D eigenvalue weighted by molar-refractivity contribution is 0.249. The number of aromatic nitrogens is 2. The first-order valence-corrected chi connectivity index (χ1v) is 7.23. The second-order valence-electron chi connectivity index (χ2n) is 5.10. The van der Waals surface area contributed by atoms with E-state index in [0.717, 1.165) is 16.7 Å². The van der Waals surface area contributed by atoms with Crippen LogP contribution in [-0.2, 0) is 0 Å². The maximum atomic E-state index is 12.2. The summed E-state index contributed by atoms with van der Waals surface area (Å²) in [5, 5.41) is 0. The van der Waals surface area contributed by atoms with E-state index in [2.05, 4.69) is 20.8 Å². The number of aryl methyl sites for hydroxylation is 1. The molecule has 0 unspecified atom stereocenters. The number of fused-ring (bicyclic) bond motifs is 1. The van der Waals surface area contributed by atoms with Crippen LogP contribution in [0, 0.1) is 6.92 Å². The molecule has 6 nitrogen and oxygen atoms in total. The zero-order chi connectivity index (χ0) is 16.2. The molecule has 2 amide bonds. The highest BCUT2D eigenvalue weighted by molar-refractivity contribution is 5.92. The Hall–Kier alpha value is -3.15. The van der Waals surface area contributed by atoms with Gasteiger partial charge in [-0.1, -0.05) is 30.3 Å². The number of hydrazine groups is 1. The van der Waals surface area contributed by atoms with Crippen molar-refractivity contribution in [3.05, 3.63) is 60.3 Å². The lowest BCUT2D eigenvalue weighted by atomic mass is 10.3. The van der Waals surface area contributed by atoms with Gasteiger partial charge in [-0.25, -0.2) is 20.2 Å². The van der Waals surface area contributed by atoms with Crippen molar-refractivity contribution in [1.29, 1.82) is 0 Å². The molecule has 1 heterocycles. The minimum atomic E-state index is -0.287. The normalized spacial score (nSPS) is 10.3. The van der Waals surface area contributed by atoms with Gasteiger partial charge in [-0.2, -0.15) is 0 Å². The minimum absolute atomic E-state index is 0.287. The summed E-state index contributed by atoms with van der Waals surface area (Å²) in [4.78, 5) is 22.6. The summed E-state index contributed by atoms with van der Waals surface area (Å²) in [6.07, 6.45) is 0. The second kappa shape index (κ2) is 6.31. The molecule has 0 aliphatic rings. The first-order chi connectivity index (χ1) is 11.1. The summed E-state index contributed by atoms with van der Waals surface area (Å²) < 4.78 is 0. The van der Waals surface area contributed by atoms with E-state index in [1.165, 1.54) is 4.90 Å². The molecular weight excluding hydrogens is 290 g/mol. The van der Waals surface area contributed by atoms with Crippen LogP contribution in [0.1, 0.15) is 5.69 Å². The standard InChI is InChI=1S/C17H17N5O/c1-12-16(19-15-11-7-6-10-14(15)18-12)20-21-17(23)22(2)13-8-4-3-5-9-13/h3-11H,1-2H3,(H,19,20)(H,21,23). The fourth-order valence-corrected chi connectivity index (χ4v) is 2.17. The molecule has 3 aromatic rings. The molecule has 0 saturated carbocycles. The van der Waals surface area contributed by atoms with Gasteiger partial charge in [0.05, 0.1) is 16.7 Å². The third kappa shape index (κ3) is 3.21. The van der Waals surface area contributed by atoms with Gasteiger partial charge in [-0.05, 0) is 31.2 Å². The number of carbonyl (C=O) groups excluding carboxylic acids is 1. The van der Waals surface area contributed by atoms with E-state index in [0.29, 0.717) is 11.5 Å². The first kappa shape index (κ1) is 14.8. The van der Waals surface area contributed by atoms with Gasteiger partial charge in [-0.3, -0.25) is 10.3 Å². The summed E-state index contributed by atoms with van der Waals surface area (Å²) >= 11 is 0. The zero-order valence-corrected chi connectivity index (χ0v) is 12.9. The van der Waals surface area contributed by atoms with Crippen molar-refractivity contribution in [3.8, 4) is 0 Å². The molecule has 2 aromatic carbocycles. The Bertz CT molecular complexity index is 835. The molecule has 23 heavy (non-hydrogen) atoms. The molecule has 0 aliphatic carbocycles. The van der Waals surface area contributed by atoms with Crippen LogP contribution in [0.3, 0.4) is 0 Å². The van der Waals surface area contributed by atoms with Crippen LogP contribution in [0.2, 0.25) is 0 Å². The summed E-state index contributed by atoms with van der Waals surface area (Å²) in [6.45, 7) is 1.84. The minimum Gasteiger partial charge on any atom is -0.296 e. The summed E-state index contributed by atoms with van der Waals surface area (Å²) in [5.74, 6) is 0.526. The Morgan fingerprint density at radius 3 is 2.26 bits per heavy atom. The van der Waals surface area contributed by atoms with Crippen LogP contribution in [0.25, 0.3) is 11.0 Å². The molecule has 1 aromatic heterocycles. The number of anilines is 2. The van der Waals surface area contributed by atoms with E-state index in [4.69, 9.17) is 0 Å². The fraction of sp³-hybridized carbons (Fsp3) is 0.118. The SMILES string of the molecule is Cc1nc2ccccc2nc1NNC(=O)N(C)c1ccccc1. The average molecular weight is 307 g/mol. The largest absolute Gasteiger partial charge is 0.340 e. The molecule has 0 saturated heterocycles. The van der Waals surface area contributed by atoms with Gasteiger partial charge < -0.3 is 0 Å². The predicted molar refractivity (Wildman–Crippen MR) is 91.3 cm³/mol. The summed E-state index contributed by atoms with van der Waals surface area (Å²) in [6, 6.07) is 16.7. The average Bonchev–Trinajstić information content (AvgIpc) is 2.59. The number of hydrogen-bond acceptors (Lipinski definition) is 4. The van der Waals surface area contributed by atoms with Crippen molar-refractivity contribution in [2.45, 2.75) is 6.92 Å². The number of carbonyl (C=O) groups is 1. The van der Waals surface area contributed by atoms with Gasteiger partial charge in [0.1, 0.15) is 0 Å². The van der Waals surface area contributed by atoms with Crippen LogP contribution >= 0.6 is 0 Å². The van der Waals surface area contributed by atoms with Crippen LogP contribution in [-0.4, -0.2) is 23.0 Å². The lowest BCUT2D eigenvalue weighted by Crippen LogP contribution is -2.40. The van der Waals surface area contributed by atoms with Crippen LogP contribution in [0.5, 0.6) is 0 Å². The number of amides is 2. The Morgan fingerprint density at radius 2 is 1.57 bits per heavy atom. The van der Waals surface area contributed by atoms with Crippen molar-refractivity contribution in [1.82, 2.24) is 15.4 Å². The highest BCUT2D eigenvalue weighted by Gasteiger charge is 2.11. The number of rotatable bonds is 3. The van der Waals surface area contributed by atoms with Gasteiger partial charge >= 0.3 is 6.03 Å². The van der Waals surface area contributed by atoms with Crippen molar-refractivity contribution < 1.29 is 4.79 Å². The van der Waals surface area contributed by atoms with E-state index >= 15 is 0 Å². The number of nitrogens with zero attached hydrogens (tertiary/aromatic N) is 3. The quantitative estimate of drug-likeness (QED) is 0.729. The Balaban J connectivity index is 1.73. The van der Waals surface area contributed by atoms with Crippen LogP contribution in [0.4, 0.5) is 16.3 Å². The summed E-state index contributed by atoms with van der Waals surface area (Å²) in [7, 11) is 1.70. The molecule has 6 heteroatoms. The van der Waals surface area contributed by atoms with Crippen LogP contribution in [0.15, 0.2) is 54.6 Å². The highest BCUT2D eigenvalue weighted by atomic mass is 16.2.